The summed E-state index contributed by atoms with van der Waals surface area (Å²) in [4.78, 5) is 6.88. The highest BCUT2D eigenvalue weighted by atomic mass is 16.3. The number of nitrogens with zero attached hydrogens (tertiary/aromatic N) is 3. The molecule has 0 aliphatic heterocycles. The van der Waals surface area contributed by atoms with Gasteiger partial charge in [0.25, 0.3) is 0 Å². The molecule has 3 rings (SSSR count). The molecule has 0 aliphatic carbocycles. The Hall–Kier alpha value is -3.08. The molecule has 5 nitrogen and oxygen atoms in total. The molecular formula is C23H28N4O. The van der Waals surface area contributed by atoms with Crippen molar-refractivity contribution < 1.29 is 5.11 Å². The van der Waals surface area contributed by atoms with Gasteiger partial charge in [-0.25, -0.2) is 4.98 Å². The van der Waals surface area contributed by atoms with E-state index in [1.807, 2.05) is 18.2 Å². The van der Waals surface area contributed by atoms with Crippen molar-refractivity contribution in [1.82, 2.24) is 4.98 Å². The predicted octanol–water partition coefficient (Wildman–Crippen LogP) is 5.16. The average Bonchev–Trinajstić information content (AvgIpc) is 2.65. The molecule has 5 heteroatoms. The lowest BCUT2D eigenvalue weighted by Gasteiger charge is -2.21. The number of aryl methyl sites for hydroxylation is 3. The van der Waals surface area contributed by atoms with Gasteiger partial charge in [-0.05, 0) is 70.0 Å². The van der Waals surface area contributed by atoms with E-state index in [4.69, 9.17) is 4.98 Å². The van der Waals surface area contributed by atoms with Crippen molar-refractivity contribution in [3.63, 3.8) is 0 Å². The molecule has 0 saturated carbocycles. The topological polar surface area (TPSA) is 60.8 Å². The fourth-order valence-corrected chi connectivity index (χ4v) is 3.50. The Balaban J connectivity index is 1.81. The normalized spacial score (nSPS) is 11.3. The van der Waals surface area contributed by atoms with E-state index < -0.39 is 0 Å². The fraction of sp³-hybridized carbons (Fsp3) is 0.304. The predicted molar refractivity (Wildman–Crippen MR) is 119 cm³/mol. The van der Waals surface area contributed by atoms with E-state index in [-0.39, 0.29) is 5.75 Å². The summed E-state index contributed by atoms with van der Waals surface area (Å²) in [6.45, 7) is 12.2. The zero-order valence-corrected chi connectivity index (χ0v) is 17.2. The van der Waals surface area contributed by atoms with Crippen LogP contribution in [0.25, 0.3) is 10.9 Å². The van der Waals surface area contributed by atoms with Crippen molar-refractivity contribution in [2.24, 2.45) is 5.10 Å². The average molecular weight is 377 g/mol. The van der Waals surface area contributed by atoms with Crippen LogP contribution in [0.15, 0.2) is 41.5 Å². The number of phenols is 1. The minimum Gasteiger partial charge on any atom is -0.507 e. The van der Waals surface area contributed by atoms with Gasteiger partial charge in [0, 0.05) is 35.8 Å². The van der Waals surface area contributed by atoms with Gasteiger partial charge in [0.2, 0.25) is 0 Å². The molecule has 1 aromatic heterocycles. The van der Waals surface area contributed by atoms with Crippen molar-refractivity contribution in [3.05, 3.63) is 58.7 Å². The van der Waals surface area contributed by atoms with E-state index in [2.05, 4.69) is 62.2 Å². The lowest BCUT2D eigenvalue weighted by Crippen LogP contribution is -2.21. The Morgan fingerprint density at radius 3 is 2.46 bits per heavy atom. The molecule has 0 radical (unpaired) electrons. The van der Waals surface area contributed by atoms with Gasteiger partial charge in [0.1, 0.15) is 11.6 Å². The van der Waals surface area contributed by atoms with Crippen molar-refractivity contribution in [2.45, 2.75) is 34.6 Å². The largest absolute Gasteiger partial charge is 0.507 e. The minimum atomic E-state index is 0.212. The molecule has 146 valence electrons. The molecule has 0 fully saturated rings. The molecule has 0 bridgehead atoms. The number of nitrogens with one attached hydrogen (secondary N) is 1. The quantitative estimate of drug-likeness (QED) is 0.461. The molecule has 0 atom stereocenters. The molecule has 3 aromatic rings. The molecule has 28 heavy (non-hydrogen) atoms. The third kappa shape index (κ3) is 4.09. The molecule has 2 aromatic carbocycles. The highest BCUT2D eigenvalue weighted by Gasteiger charge is 2.07. The summed E-state index contributed by atoms with van der Waals surface area (Å²) in [6.07, 6.45) is 1.62. The van der Waals surface area contributed by atoms with Gasteiger partial charge in [0.15, 0.2) is 0 Å². The maximum atomic E-state index is 10.3. The van der Waals surface area contributed by atoms with Crippen LogP contribution in [0.3, 0.4) is 0 Å². The molecule has 0 spiro atoms. The first-order valence-electron chi connectivity index (χ1n) is 9.68. The minimum absolute atomic E-state index is 0.212. The number of hydrogen-bond acceptors (Lipinski definition) is 5. The van der Waals surface area contributed by atoms with Crippen molar-refractivity contribution in [1.29, 1.82) is 0 Å². The van der Waals surface area contributed by atoms with Crippen molar-refractivity contribution in [2.75, 3.05) is 23.4 Å². The lowest BCUT2D eigenvalue weighted by molar-refractivity contribution is 0.474. The van der Waals surface area contributed by atoms with E-state index in [0.717, 1.165) is 40.8 Å². The Morgan fingerprint density at radius 2 is 1.79 bits per heavy atom. The van der Waals surface area contributed by atoms with Gasteiger partial charge in [0.05, 0.1) is 11.7 Å². The third-order valence-electron chi connectivity index (χ3n) is 4.98. The van der Waals surface area contributed by atoms with Gasteiger partial charge in [-0.3, -0.25) is 5.43 Å². The SMILES string of the molecule is CCN(CC)c1ccc(C=NNc2cc(C)c3cc(C)cc(C)c3n2)c(O)c1. The molecular weight excluding hydrogens is 348 g/mol. The molecule has 2 N–H and O–H groups in total. The summed E-state index contributed by atoms with van der Waals surface area (Å²) in [7, 11) is 0. The zero-order chi connectivity index (χ0) is 20.3. The summed E-state index contributed by atoms with van der Waals surface area (Å²) < 4.78 is 0. The van der Waals surface area contributed by atoms with E-state index in [1.165, 1.54) is 5.56 Å². The number of anilines is 2. The zero-order valence-electron chi connectivity index (χ0n) is 17.2. The fourth-order valence-electron chi connectivity index (χ4n) is 3.50. The Bertz CT molecular complexity index is 1020. The monoisotopic (exact) mass is 376 g/mol. The maximum absolute atomic E-state index is 10.3. The van der Waals surface area contributed by atoms with Crippen LogP contribution in [0.1, 0.15) is 36.1 Å². The van der Waals surface area contributed by atoms with Crippen LogP contribution in [0.5, 0.6) is 5.75 Å². The second-order valence-corrected chi connectivity index (χ2v) is 7.09. The van der Waals surface area contributed by atoms with Crippen molar-refractivity contribution in [3.8, 4) is 5.75 Å². The van der Waals surface area contributed by atoms with Crippen LogP contribution in [0, 0.1) is 20.8 Å². The Labute approximate surface area is 166 Å². The summed E-state index contributed by atoms with van der Waals surface area (Å²) >= 11 is 0. The van der Waals surface area contributed by atoms with Gasteiger partial charge in [-0.1, -0.05) is 11.6 Å². The van der Waals surface area contributed by atoms with Gasteiger partial charge in [-0.15, -0.1) is 0 Å². The molecule has 0 amide bonds. The lowest BCUT2D eigenvalue weighted by atomic mass is 10.0. The van der Waals surface area contributed by atoms with E-state index in [9.17, 15) is 5.11 Å². The van der Waals surface area contributed by atoms with Crippen LogP contribution in [0.4, 0.5) is 11.5 Å². The summed E-state index contributed by atoms with van der Waals surface area (Å²) in [5.41, 5.74) is 9.17. The number of benzene rings is 2. The number of hydrogen-bond donors (Lipinski definition) is 2. The number of rotatable bonds is 6. The Kier molecular flexibility index (Phi) is 5.83. The van der Waals surface area contributed by atoms with E-state index in [0.29, 0.717) is 11.4 Å². The number of aromatic hydroxyl groups is 1. The number of hydrazone groups is 1. The second-order valence-electron chi connectivity index (χ2n) is 7.09. The molecule has 0 unspecified atom stereocenters. The van der Waals surface area contributed by atoms with E-state index in [1.54, 1.807) is 12.3 Å². The molecule has 0 saturated heterocycles. The van der Waals surface area contributed by atoms with Crippen LogP contribution in [-0.2, 0) is 0 Å². The van der Waals surface area contributed by atoms with Gasteiger partial charge >= 0.3 is 0 Å². The maximum Gasteiger partial charge on any atom is 0.147 e. The number of phenolic OH excluding ortho intramolecular Hbond substituents is 1. The first-order valence-corrected chi connectivity index (χ1v) is 9.68. The van der Waals surface area contributed by atoms with Crippen LogP contribution in [-0.4, -0.2) is 29.4 Å². The van der Waals surface area contributed by atoms with E-state index >= 15 is 0 Å². The Morgan fingerprint density at radius 1 is 1.04 bits per heavy atom. The number of aromatic nitrogens is 1. The van der Waals surface area contributed by atoms with Crippen LogP contribution >= 0.6 is 0 Å². The smallest absolute Gasteiger partial charge is 0.147 e. The first-order chi connectivity index (χ1) is 13.4. The second kappa shape index (κ2) is 8.30. The molecule has 0 aliphatic rings. The third-order valence-corrected chi connectivity index (χ3v) is 4.98. The van der Waals surface area contributed by atoms with Crippen LogP contribution < -0.4 is 10.3 Å². The number of fused-ring (bicyclic) bond motifs is 1. The standard InChI is InChI=1S/C23H28N4O/c1-6-27(7-2)19-9-8-18(21(28)13-19)14-24-26-22-12-16(4)20-11-15(3)10-17(5)23(20)25-22/h8-14,28H,6-7H2,1-5H3,(H,25,26). The summed E-state index contributed by atoms with van der Waals surface area (Å²) in [5.74, 6) is 0.899. The van der Waals surface area contributed by atoms with Gasteiger partial charge in [-0.2, -0.15) is 5.10 Å². The molecule has 1 heterocycles. The van der Waals surface area contributed by atoms with Crippen LogP contribution in [0.2, 0.25) is 0 Å². The highest BCUT2D eigenvalue weighted by molar-refractivity contribution is 5.88. The van der Waals surface area contributed by atoms with Crippen molar-refractivity contribution >= 4 is 28.6 Å². The number of pyridine rings is 1. The summed E-state index contributed by atoms with van der Waals surface area (Å²) in [5, 5.41) is 15.8. The summed E-state index contributed by atoms with van der Waals surface area (Å²) in [6, 6.07) is 11.9. The highest BCUT2D eigenvalue weighted by Crippen LogP contribution is 2.25. The first kappa shape index (κ1) is 19.7. The van der Waals surface area contributed by atoms with Gasteiger partial charge < -0.3 is 10.0 Å².